The molecule has 2 aromatic rings. The number of carboxylic acids is 1. The van der Waals surface area contributed by atoms with Gasteiger partial charge in [0.2, 0.25) is 0 Å². The monoisotopic (exact) mass is 276 g/mol. The summed E-state index contributed by atoms with van der Waals surface area (Å²) in [7, 11) is 0. The molecule has 0 amide bonds. The molecule has 0 aliphatic rings. The third-order valence-electron chi connectivity index (χ3n) is 1.51. The number of hydrogen-bond acceptors (Lipinski definition) is 6. The molecule has 1 N–H and O–H groups in total. The summed E-state index contributed by atoms with van der Waals surface area (Å²) in [4.78, 5) is 11.1. The van der Waals surface area contributed by atoms with Crippen molar-refractivity contribution >= 4 is 40.7 Å². The van der Waals surface area contributed by atoms with Gasteiger partial charge in [-0.2, -0.15) is 0 Å². The number of hydrogen-bond donors (Lipinski definition) is 1. The Hall–Kier alpha value is -1.05. The van der Waals surface area contributed by atoms with E-state index in [2.05, 4.69) is 10.2 Å². The van der Waals surface area contributed by atoms with Gasteiger partial charge in [-0.05, 0) is 12.1 Å². The van der Waals surface area contributed by atoms with Crippen molar-refractivity contribution in [1.82, 2.24) is 10.2 Å². The second-order valence-electron chi connectivity index (χ2n) is 2.66. The Morgan fingerprint density at radius 1 is 1.56 bits per heavy atom. The highest BCUT2D eigenvalue weighted by atomic mass is 35.5. The molecule has 0 aromatic carbocycles. The number of halogens is 1. The van der Waals surface area contributed by atoms with E-state index < -0.39 is 5.97 Å². The minimum Gasteiger partial charge on any atom is -0.481 e. The lowest BCUT2D eigenvalue weighted by atomic mass is 10.5. The van der Waals surface area contributed by atoms with Crippen molar-refractivity contribution in [1.29, 1.82) is 0 Å². The van der Waals surface area contributed by atoms with E-state index in [4.69, 9.17) is 21.1 Å². The minimum atomic E-state index is -0.927. The number of thioether (sulfide) groups is 1. The first-order valence-corrected chi connectivity index (χ1v) is 6.27. The van der Waals surface area contributed by atoms with Gasteiger partial charge in [0.25, 0.3) is 11.1 Å². The van der Waals surface area contributed by atoms with Gasteiger partial charge < -0.3 is 9.52 Å². The highest BCUT2D eigenvalue weighted by molar-refractivity contribution is 7.99. The van der Waals surface area contributed by atoms with Gasteiger partial charge >= 0.3 is 5.97 Å². The molecule has 0 bridgehead atoms. The van der Waals surface area contributed by atoms with Crippen molar-refractivity contribution in [2.45, 2.75) is 5.22 Å². The first kappa shape index (κ1) is 11.4. The molecule has 8 heteroatoms. The summed E-state index contributed by atoms with van der Waals surface area (Å²) >= 11 is 8.07. The third kappa shape index (κ3) is 2.75. The quantitative estimate of drug-likeness (QED) is 0.865. The van der Waals surface area contributed by atoms with Crippen LogP contribution in [0, 0.1) is 0 Å². The summed E-state index contributed by atoms with van der Waals surface area (Å²) in [5.41, 5.74) is 0. The highest BCUT2D eigenvalue weighted by Gasteiger charge is 2.12. The second kappa shape index (κ2) is 4.86. The van der Waals surface area contributed by atoms with Crippen LogP contribution in [0.4, 0.5) is 0 Å². The van der Waals surface area contributed by atoms with Crippen LogP contribution in [0.1, 0.15) is 0 Å². The molecule has 5 nitrogen and oxygen atoms in total. The number of aliphatic carboxylic acids is 1. The third-order valence-corrected chi connectivity index (χ3v) is 3.53. The van der Waals surface area contributed by atoms with Gasteiger partial charge in [-0.1, -0.05) is 23.4 Å². The van der Waals surface area contributed by atoms with Crippen LogP contribution in [0.2, 0.25) is 4.34 Å². The predicted octanol–water partition coefficient (Wildman–Crippen LogP) is 2.63. The smallest absolute Gasteiger partial charge is 0.314 e. The fourth-order valence-electron chi connectivity index (χ4n) is 0.920. The molecule has 0 atom stereocenters. The van der Waals surface area contributed by atoms with Crippen molar-refractivity contribution in [3.05, 3.63) is 16.5 Å². The van der Waals surface area contributed by atoms with Crippen molar-refractivity contribution < 1.29 is 14.3 Å². The summed E-state index contributed by atoms with van der Waals surface area (Å²) in [5, 5.41) is 16.2. The van der Waals surface area contributed by atoms with Crippen molar-refractivity contribution in [3.63, 3.8) is 0 Å². The van der Waals surface area contributed by atoms with E-state index in [1.165, 1.54) is 11.3 Å². The average Bonchev–Trinajstić information content (AvgIpc) is 2.83. The van der Waals surface area contributed by atoms with Crippen LogP contribution in [0.3, 0.4) is 0 Å². The van der Waals surface area contributed by atoms with Crippen molar-refractivity contribution in [2.24, 2.45) is 0 Å². The number of nitrogens with zero attached hydrogens (tertiary/aromatic N) is 2. The zero-order chi connectivity index (χ0) is 11.5. The molecule has 0 saturated carbocycles. The maximum atomic E-state index is 10.3. The molecule has 2 aromatic heterocycles. The van der Waals surface area contributed by atoms with Gasteiger partial charge in [0.05, 0.1) is 9.21 Å². The predicted molar refractivity (Wildman–Crippen MR) is 61.0 cm³/mol. The lowest BCUT2D eigenvalue weighted by Crippen LogP contribution is -1.97. The van der Waals surface area contributed by atoms with E-state index in [0.29, 0.717) is 10.2 Å². The van der Waals surface area contributed by atoms with Gasteiger partial charge in [0.15, 0.2) is 0 Å². The number of carbonyl (C=O) groups is 1. The maximum absolute atomic E-state index is 10.3. The van der Waals surface area contributed by atoms with Gasteiger partial charge in [-0.15, -0.1) is 21.5 Å². The molecule has 0 unspecified atom stereocenters. The summed E-state index contributed by atoms with van der Waals surface area (Å²) in [6.45, 7) is 0. The Balaban J connectivity index is 2.10. The normalized spacial score (nSPS) is 10.6. The van der Waals surface area contributed by atoms with Gasteiger partial charge in [-0.3, -0.25) is 4.79 Å². The summed E-state index contributed by atoms with van der Waals surface area (Å²) in [6.07, 6.45) is 0. The molecule has 2 heterocycles. The Morgan fingerprint density at radius 2 is 2.38 bits per heavy atom. The molecule has 2 rings (SSSR count). The molecule has 84 valence electrons. The number of thiophene rings is 1. The van der Waals surface area contributed by atoms with E-state index in [9.17, 15) is 4.79 Å². The van der Waals surface area contributed by atoms with E-state index in [1.54, 1.807) is 12.1 Å². The van der Waals surface area contributed by atoms with E-state index >= 15 is 0 Å². The largest absolute Gasteiger partial charge is 0.481 e. The number of carboxylic acid groups (broad SMARTS) is 1. The van der Waals surface area contributed by atoms with E-state index in [1.807, 2.05) is 0 Å². The van der Waals surface area contributed by atoms with Gasteiger partial charge in [-0.25, -0.2) is 0 Å². The fourth-order valence-corrected chi connectivity index (χ4v) is 2.37. The van der Waals surface area contributed by atoms with Crippen molar-refractivity contribution in [2.75, 3.05) is 5.75 Å². The molecule has 0 aliphatic carbocycles. The molecule has 0 aliphatic heterocycles. The lowest BCUT2D eigenvalue weighted by molar-refractivity contribution is -0.133. The number of aromatic nitrogens is 2. The second-order valence-corrected chi connectivity index (χ2v) is 5.30. The Labute approximate surface area is 103 Å². The van der Waals surface area contributed by atoms with Crippen LogP contribution in [0.5, 0.6) is 0 Å². The fraction of sp³-hybridized carbons (Fsp3) is 0.125. The lowest BCUT2D eigenvalue weighted by Gasteiger charge is -1.88. The first-order valence-electron chi connectivity index (χ1n) is 4.09. The zero-order valence-electron chi connectivity index (χ0n) is 7.71. The molecule has 0 fully saturated rings. The van der Waals surface area contributed by atoms with Crippen LogP contribution < -0.4 is 0 Å². The molecular weight excluding hydrogens is 272 g/mol. The topological polar surface area (TPSA) is 76.2 Å². The maximum Gasteiger partial charge on any atom is 0.314 e. The molecule has 0 radical (unpaired) electrons. The van der Waals surface area contributed by atoms with Crippen molar-refractivity contribution in [3.8, 4) is 10.8 Å². The van der Waals surface area contributed by atoms with Crippen LogP contribution in [0.25, 0.3) is 10.8 Å². The molecule has 0 spiro atoms. The Morgan fingerprint density at radius 3 is 3.00 bits per heavy atom. The van der Waals surface area contributed by atoms with Crippen LogP contribution in [0.15, 0.2) is 21.8 Å². The highest BCUT2D eigenvalue weighted by Crippen LogP contribution is 2.31. The SMILES string of the molecule is O=C(O)CSc1nnc(-c2ccc(Cl)s2)o1. The Bertz CT molecular complexity index is 511. The number of rotatable bonds is 4. The Kier molecular flexibility index (Phi) is 3.47. The molecule has 16 heavy (non-hydrogen) atoms. The van der Waals surface area contributed by atoms with Gasteiger partial charge in [0.1, 0.15) is 5.75 Å². The minimum absolute atomic E-state index is 0.104. The summed E-state index contributed by atoms with van der Waals surface area (Å²) in [5.74, 6) is -0.680. The van der Waals surface area contributed by atoms with Crippen LogP contribution in [-0.4, -0.2) is 27.0 Å². The van der Waals surface area contributed by atoms with Crippen LogP contribution >= 0.6 is 34.7 Å². The zero-order valence-corrected chi connectivity index (χ0v) is 10.1. The van der Waals surface area contributed by atoms with E-state index in [-0.39, 0.29) is 11.0 Å². The summed E-state index contributed by atoms with van der Waals surface area (Å²) in [6, 6.07) is 3.50. The summed E-state index contributed by atoms with van der Waals surface area (Å²) < 4.78 is 5.89. The average molecular weight is 277 g/mol. The van der Waals surface area contributed by atoms with E-state index in [0.717, 1.165) is 16.6 Å². The van der Waals surface area contributed by atoms with Crippen LogP contribution in [-0.2, 0) is 4.79 Å². The molecule has 0 saturated heterocycles. The molecular formula is C8H5ClN2O3S2. The standard InChI is InChI=1S/C8H5ClN2O3S2/c9-5-2-1-4(16-5)7-10-11-8(14-7)15-3-6(12)13/h1-2H,3H2,(H,12,13). The first-order chi connectivity index (χ1) is 7.65. The van der Waals surface area contributed by atoms with Gasteiger partial charge in [0, 0.05) is 0 Å².